The number of hydrogen-bond acceptors (Lipinski definition) is 5. The molecule has 7 nitrogen and oxygen atoms in total. The maximum absolute atomic E-state index is 12.2. The molecule has 1 aliphatic heterocycles. The summed E-state index contributed by atoms with van der Waals surface area (Å²) in [4.78, 5) is 38.0. The van der Waals surface area contributed by atoms with E-state index < -0.39 is 24.4 Å². The van der Waals surface area contributed by atoms with Crippen molar-refractivity contribution >= 4 is 39.4 Å². The topological polar surface area (TPSA) is 88.8 Å². The summed E-state index contributed by atoms with van der Waals surface area (Å²) in [6.45, 7) is 4.04. The van der Waals surface area contributed by atoms with Crippen LogP contribution in [-0.2, 0) is 25.7 Å². The van der Waals surface area contributed by atoms with Gasteiger partial charge in [-0.2, -0.15) is 0 Å². The molecule has 1 aromatic carbocycles. The summed E-state index contributed by atoms with van der Waals surface area (Å²) in [7, 11) is 0. The number of hydrogen-bond donors (Lipinski definition) is 1. The minimum Gasteiger partial charge on any atom is -0.467 e. The van der Waals surface area contributed by atoms with Gasteiger partial charge in [-0.15, -0.1) is 0 Å². The number of esters is 1. The Hall–Kier alpha value is -2.61. The quantitative estimate of drug-likeness (QED) is 0.685. The highest BCUT2D eigenvalue weighted by molar-refractivity contribution is 9.10. The number of amides is 2. The van der Waals surface area contributed by atoms with E-state index in [1.54, 1.807) is 17.0 Å². The molecule has 8 heteroatoms. The number of aryl methyl sites for hydroxylation is 2. The summed E-state index contributed by atoms with van der Waals surface area (Å²) in [5.74, 6) is -1.03. The van der Waals surface area contributed by atoms with E-state index >= 15 is 0 Å². The minimum absolute atomic E-state index is 0.0757. The fraction of sp³-hybridized carbons (Fsp3) is 0.350. The minimum atomic E-state index is -0.576. The standard InChI is InChI=1S/C20H21BrN2O5/c1-12-6-15(7-13(2)19(12)21)22-17(24)11-28-20(26)14-8-18(25)23(9-14)10-16-4-3-5-27-16/h3-7,14H,8-11H2,1-2H3,(H,22,24)/t14-/m1/s1. The van der Waals surface area contributed by atoms with Crippen molar-refractivity contribution in [2.45, 2.75) is 26.8 Å². The zero-order valence-electron chi connectivity index (χ0n) is 15.7. The Labute approximate surface area is 171 Å². The maximum Gasteiger partial charge on any atom is 0.311 e. The van der Waals surface area contributed by atoms with E-state index in [0.717, 1.165) is 15.6 Å². The second-order valence-electron chi connectivity index (χ2n) is 6.83. The van der Waals surface area contributed by atoms with E-state index in [1.807, 2.05) is 26.0 Å². The Morgan fingerprint density at radius 3 is 2.68 bits per heavy atom. The molecule has 1 aromatic heterocycles. The number of ether oxygens (including phenoxy) is 1. The summed E-state index contributed by atoms with van der Waals surface area (Å²) in [5, 5.41) is 2.72. The van der Waals surface area contributed by atoms with Gasteiger partial charge in [0.05, 0.1) is 18.7 Å². The first-order valence-corrected chi connectivity index (χ1v) is 9.66. The number of carbonyl (C=O) groups excluding carboxylic acids is 3. The number of anilines is 1. The van der Waals surface area contributed by atoms with Crippen LogP contribution in [0.25, 0.3) is 0 Å². The second-order valence-corrected chi connectivity index (χ2v) is 7.63. The van der Waals surface area contributed by atoms with Gasteiger partial charge < -0.3 is 19.4 Å². The third kappa shape index (κ3) is 4.81. The van der Waals surface area contributed by atoms with Crippen LogP contribution in [-0.4, -0.2) is 35.8 Å². The molecule has 3 rings (SSSR count). The molecule has 1 atom stereocenters. The van der Waals surface area contributed by atoms with Crippen LogP contribution >= 0.6 is 15.9 Å². The van der Waals surface area contributed by atoms with E-state index in [4.69, 9.17) is 9.15 Å². The number of rotatable bonds is 6. The average Bonchev–Trinajstić information content (AvgIpc) is 3.28. The molecule has 1 saturated heterocycles. The summed E-state index contributed by atoms with van der Waals surface area (Å²) >= 11 is 3.48. The van der Waals surface area contributed by atoms with Gasteiger partial charge in [0.25, 0.3) is 5.91 Å². The lowest BCUT2D eigenvalue weighted by Gasteiger charge is -2.14. The summed E-state index contributed by atoms with van der Waals surface area (Å²) in [5.41, 5.74) is 2.63. The van der Waals surface area contributed by atoms with Gasteiger partial charge in [-0.3, -0.25) is 14.4 Å². The van der Waals surface area contributed by atoms with Crippen molar-refractivity contribution in [2.75, 3.05) is 18.5 Å². The Bertz CT molecular complexity index is 871. The summed E-state index contributed by atoms with van der Waals surface area (Å²) < 4.78 is 11.3. The maximum atomic E-state index is 12.2. The van der Waals surface area contributed by atoms with Crippen LogP contribution < -0.4 is 5.32 Å². The molecule has 0 saturated carbocycles. The molecule has 0 bridgehead atoms. The number of nitrogens with zero attached hydrogens (tertiary/aromatic N) is 1. The number of benzene rings is 1. The normalized spacial score (nSPS) is 16.3. The third-order valence-electron chi connectivity index (χ3n) is 4.54. The van der Waals surface area contributed by atoms with Gasteiger partial charge in [0, 0.05) is 23.1 Å². The molecular weight excluding hydrogens is 428 g/mol. The first kappa shape index (κ1) is 20.1. The molecule has 0 unspecified atom stereocenters. The van der Waals surface area contributed by atoms with Gasteiger partial charge in [-0.1, -0.05) is 15.9 Å². The molecule has 2 aromatic rings. The molecule has 0 aliphatic carbocycles. The van der Waals surface area contributed by atoms with Crippen LogP contribution in [0.1, 0.15) is 23.3 Å². The van der Waals surface area contributed by atoms with Crippen LogP contribution in [0, 0.1) is 19.8 Å². The Morgan fingerprint density at radius 2 is 2.04 bits per heavy atom. The van der Waals surface area contributed by atoms with Gasteiger partial charge in [0.1, 0.15) is 5.76 Å². The van der Waals surface area contributed by atoms with E-state index in [0.29, 0.717) is 18.0 Å². The zero-order valence-corrected chi connectivity index (χ0v) is 17.2. The molecule has 148 valence electrons. The van der Waals surface area contributed by atoms with Gasteiger partial charge >= 0.3 is 5.97 Å². The molecule has 1 fully saturated rings. The van der Waals surface area contributed by atoms with Crippen LogP contribution in [0.2, 0.25) is 0 Å². The first-order valence-electron chi connectivity index (χ1n) is 8.87. The summed E-state index contributed by atoms with van der Waals surface area (Å²) in [6.07, 6.45) is 1.61. The van der Waals surface area contributed by atoms with E-state index in [1.165, 1.54) is 6.26 Å². The lowest BCUT2D eigenvalue weighted by Crippen LogP contribution is -2.28. The Kier molecular flexibility index (Phi) is 6.18. The zero-order chi connectivity index (χ0) is 20.3. The largest absolute Gasteiger partial charge is 0.467 e. The number of furan rings is 1. The average molecular weight is 449 g/mol. The molecule has 2 heterocycles. The number of carbonyl (C=O) groups is 3. The SMILES string of the molecule is Cc1cc(NC(=O)COC(=O)[C@@H]2CC(=O)N(Cc3ccco3)C2)cc(C)c1Br. The highest BCUT2D eigenvalue weighted by Gasteiger charge is 2.35. The Morgan fingerprint density at radius 1 is 1.32 bits per heavy atom. The first-order chi connectivity index (χ1) is 13.3. The summed E-state index contributed by atoms with van der Waals surface area (Å²) in [6, 6.07) is 7.18. The van der Waals surface area contributed by atoms with Gasteiger partial charge in [-0.25, -0.2) is 0 Å². The number of halogens is 1. The molecule has 1 aliphatic rings. The fourth-order valence-corrected chi connectivity index (χ4v) is 3.37. The van der Waals surface area contributed by atoms with Crippen molar-refractivity contribution in [3.63, 3.8) is 0 Å². The molecule has 1 N–H and O–H groups in total. The van der Waals surface area contributed by atoms with Gasteiger partial charge in [0.2, 0.25) is 5.91 Å². The predicted octanol–water partition coefficient (Wildman–Crippen LogP) is 3.19. The van der Waals surface area contributed by atoms with Crippen LogP contribution in [0.5, 0.6) is 0 Å². The highest BCUT2D eigenvalue weighted by atomic mass is 79.9. The van der Waals surface area contributed by atoms with E-state index in [2.05, 4.69) is 21.2 Å². The van der Waals surface area contributed by atoms with E-state index in [9.17, 15) is 14.4 Å². The Balaban J connectivity index is 1.48. The molecular formula is C20H21BrN2O5. The lowest BCUT2D eigenvalue weighted by molar-refractivity contribution is -0.151. The van der Waals surface area contributed by atoms with Crippen molar-refractivity contribution in [3.05, 3.63) is 51.9 Å². The third-order valence-corrected chi connectivity index (χ3v) is 5.79. The van der Waals surface area contributed by atoms with Crippen molar-refractivity contribution in [1.29, 1.82) is 0 Å². The van der Waals surface area contributed by atoms with E-state index in [-0.39, 0.29) is 18.9 Å². The molecule has 2 amide bonds. The van der Waals surface area contributed by atoms with Crippen molar-refractivity contribution < 1.29 is 23.5 Å². The van der Waals surface area contributed by atoms with Crippen molar-refractivity contribution in [2.24, 2.45) is 5.92 Å². The van der Waals surface area contributed by atoms with Crippen LogP contribution in [0.4, 0.5) is 5.69 Å². The van der Waals surface area contributed by atoms with Crippen molar-refractivity contribution in [3.8, 4) is 0 Å². The monoisotopic (exact) mass is 448 g/mol. The smallest absolute Gasteiger partial charge is 0.311 e. The molecule has 0 radical (unpaired) electrons. The predicted molar refractivity (Wildman–Crippen MR) is 105 cm³/mol. The number of nitrogens with one attached hydrogen (secondary N) is 1. The number of likely N-dealkylation sites (tertiary alicyclic amines) is 1. The lowest BCUT2D eigenvalue weighted by atomic mass is 10.1. The van der Waals surface area contributed by atoms with Crippen LogP contribution in [0.3, 0.4) is 0 Å². The van der Waals surface area contributed by atoms with Gasteiger partial charge in [0.15, 0.2) is 6.61 Å². The van der Waals surface area contributed by atoms with Crippen LogP contribution in [0.15, 0.2) is 39.4 Å². The molecule has 0 spiro atoms. The second kappa shape index (κ2) is 8.60. The van der Waals surface area contributed by atoms with Gasteiger partial charge in [-0.05, 0) is 49.2 Å². The molecule has 28 heavy (non-hydrogen) atoms. The highest BCUT2D eigenvalue weighted by Crippen LogP contribution is 2.25. The van der Waals surface area contributed by atoms with Crippen molar-refractivity contribution in [1.82, 2.24) is 4.90 Å². The fourth-order valence-electron chi connectivity index (χ4n) is 3.14.